The molecule has 0 aliphatic carbocycles. The van der Waals surface area contributed by atoms with Crippen LogP contribution in [0.15, 0.2) is 50.9 Å². The number of urea groups is 1. The van der Waals surface area contributed by atoms with Crippen molar-refractivity contribution in [2.24, 2.45) is 0 Å². The molecule has 11 heteroatoms. The number of nitrogens with one attached hydrogen (secondary N) is 1. The highest BCUT2D eigenvalue weighted by Gasteiger charge is 2.37. The molecule has 0 spiro atoms. The van der Waals surface area contributed by atoms with Crippen molar-refractivity contribution in [3.8, 4) is 11.5 Å². The van der Waals surface area contributed by atoms with Gasteiger partial charge in [-0.2, -0.15) is 0 Å². The van der Waals surface area contributed by atoms with Gasteiger partial charge in [0.1, 0.15) is 5.57 Å². The van der Waals surface area contributed by atoms with Gasteiger partial charge in [0.25, 0.3) is 11.8 Å². The number of rotatable bonds is 6. The lowest BCUT2D eigenvalue weighted by Gasteiger charge is -2.26. The molecule has 3 rings (SSSR count). The van der Waals surface area contributed by atoms with Crippen molar-refractivity contribution >= 4 is 67.4 Å². The lowest BCUT2D eigenvalue weighted by atomic mass is 10.1. The number of barbiturate groups is 1. The fourth-order valence-electron chi connectivity index (χ4n) is 2.77. The Balaban J connectivity index is 1.97. The van der Waals surface area contributed by atoms with Gasteiger partial charge in [-0.15, -0.1) is 0 Å². The number of ether oxygens (including phenoxy) is 3. The van der Waals surface area contributed by atoms with Crippen LogP contribution in [0.1, 0.15) is 5.56 Å². The SMILES string of the molecule is COC(=O)COc1cc(Br)c(/C=C2\C(=O)NC(=O)N(c3ccc(Br)cc3)C2=O)cc1OC. The molecule has 0 saturated carbocycles. The number of benzene rings is 2. The van der Waals surface area contributed by atoms with Crippen molar-refractivity contribution in [1.29, 1.82) is 0 Å². The Morgan fingerprint density at radius 3 is 2.38 bits per heavy atom. The first-order valence-corrected chi connectivity index (χ1v) is 10.6. The van der Waals surface area contributed by atoms with Crippen LogP contribution < -0.4 is 19.7 Å². The van der Waals surface area contributed by atoms with Crippen LogP contribution >= 0.6 is 31.9 Å². The Morgan fingerprint density at radius 2 is 1.75 bits per heavy atom. The largest absolute Gasteiger partial charge is 0.493 e. The number of esters is 1. The molecule has 0 bridgehead atoms. The Morgan fingerprint density at radius 1 is 1.06 bits per heavy atom. The van der Waals surface area contributed by atoms with Crippen molar-refractivity contribution in [3.63, 3.8) is 0 Å². The van der Waals surface area contributed by atoms with E-state index >= 15 is 0 Å². The number of imide groups is 2. The monoisotopic (exact) mass is 566 g/mol. The van der Waals surface area contributed by atoms with Gasteiger partial charge in [0.05, 0.1) is 19.9 Å². The highest BCUT2D eigenvalue weighted by molar-refractivity contribution is 9.10. The van der Waals surface area contributed by atoms with Gasteiger partial charge in [-0.1, -0.05) is 31.9 Å². The summed E-state index contributed by atoms with van der Waals surface area (Å²) in [5.74, 6) is -1.67. The third-order valence-electron chi connectivity index (χ3n) is 4.34. The molecule has 1 N–H and O–H groups in total. The molecule has 1 aliphatic rings. The van der Waals surface area contributed by atoms with Crippen molar-refractivity contribution in [1.82, 2.24) is 5.32 Å². The summed E-state index contributed by atoms with van der Waals surface area (Å²) in [5, 5.41) is 2.17. The molecule has 2 aromatic carbocycles. The Labute approximate surface area is 199 Å². The summed E-state index contributed by atoms with van der Waals surface area (Å²) in [7, 11) is 2.64. The highest BCUT2D eigenvalue weighted by atomic mass is 79.9. The van der Waals surface area contributed by atoms with Crippen LogP contribution in [-0.4, -0.2) is 44.6 Å². The van der Waals surface area contributed by atoms with Crippen LogP contribution in [0.4, 0.5) is 10.5 Å². The maximum atomic E-state index is 13.0. The summed E-state index contributed by atoms with van der Waals surface area (Å²) in [4.78, 5) is 50.0. The zero-order valence-electron chi connectivity index (χ0n) is 16.8. The first kappa shape index (κ1) is 23.5. The molecule has 1 saturated heterocycles. The number of nitrogens with zero attached hydrogens (tertiary/aromatic N) is 1. The summed E-state index contributed by atoms with van der Waals surface area (Å²) in [6.07, 6.45) is 1.33. The van der Waals surface area contributed by atoms with E-state index in [2.05, 4.69) is 41.9 Å². The summed E-state index contributed by atoms with van der Waals surface area (Å²) < 4.78 is 16.4. The van der Waals surface area contributed by atoms with E-state index in [1.54, 1.807) is 24.3 Å². The molecule has 4 amide bonds. The average Bonchev–Trinajstić information content (AvgIpc) is 2.77. The van der Waals surface area contributed by atoms with E-state index < -0.39 is 23.8 Å². The van der Waals surface area contributed by atoms with Gasteiger partial charge >= 0.3 is 12.0 Å². The molecule has 9 nitrogen and oxygen atoms in total. The maximum absolute atomic E-state index is 13.0. The molecule has 0 atom stereocenters. The zero-order valence-corrected chi connectivity index (χ0v) is 20.0. The van der Waals surface area contributed by atoms with E-state index in [4.69, 9.17) is 9.47 Å². The number of carbonyl (C=O) groups excluding carboxylic acids is 4. The Bertz CT molecular complexity index is 1130. The van der Waals surface area contributed by atoms with E-state index in [-0.39, 0.29) is 23.7 Å². The molecule has 2 aromatic rings. The third kappa shape index (κ3) is 5.00. The van der Waals surface area contributed by atoms with Crippen LogP contribution in [0.2, 0.25) is 0 Å². The number of hydrogen-bond acceptors (Lipinski definition) is 7. The van der Waals surface area contributed by atoms with Gasteiger partial charge in [-0.25, -0.2) is 14.5 Å². The smallest absolute Gasteiger partial charge is 0.343 e. The van der Waals surface area contributed by atoms with Gasteiger partial charge in [0, 0.05) is 8.95 Å². The quantitative estimate of drug-likeness (QED) is 0.323. The van der Waals surface area contributed by atoms with Crippen LogP contribution in [0, 0.1) is 0 Å². The van der Waals surface area contributed by atoms with E-state index in [0.717, 1.165) is 9.37 Å². The topological polar surface area (TPSA) is 111 Å². The minimum atomic E-state index is -0.845. The van der Waals surface area contributed by atoms with Gasteiger partial charge < -0.3 is 14.2 Å². The molecule has 166 valence electrons. The number of methoxy groups -OCH3 is 2. The number of halogens is 2. The maximum Gasteiger partial charge on any atom is 0.343 e. The Hall–Kier alpha value is -3.18. The molecule has 1 fully saturated rings. The van der Waals surface area contributed by atoms with Gasteiger partial charge in [0.15, 0.2) is 18.1 Å². The second-order valence-electron chi connectivity index (χ2n) is 6.32. The normalized spacial score (nSPS) is 14.9. The second-order valence-corrected chi connectivity index (χ2v) is 8.09. The van der Waals surface area contributed by atoms with Crippen molar-refractivity contribution in [3.05, 3.63) is 56.5 Å². The van der Waals surface area contributed by atoms with Crippen LogP contribution in [0.3, 0.4) is 0 Å². The number of hydrogen-bond donors (Lipinski definition) is 1. The molecule has 0 radical (unpaired) electrons. The van der Waals surface area contributed by atoms with E-state index in [1.165, 1.54) is 32.4 Å². The van der Waals surface area contributed by atoms with Crippen molar-refractivity contribution in [2.75, 3.05) is 25.7 Å². The van der Waals surface area contributed by atoms with Crippen molar-refractivity contribution < 1.29 is 33.4 Å². The zero-order chi connectivity index (χ0) is 23.4. The van der Waals surface area contributed by atoms with Gasteiger partial charge in [0.2, 0.25) is 0 Å². The molecular weight excluding hydrogens is 552 g/mol. The lowest BCUT2D eigenvalue weighted by molar-refractivity contribution is -0.143. The number of carbonyl (C=O) groups is 4. The summed E-state index contributed by atoms with van der Waals surface area (Å²) >= 11 is 6.65. The number of amides is 4. The Kier molecular flexibility index (Phi) is 7.31. The van der Waals surface area contributed by atoms with Gasteiger partial charge in [-0.3, -0.25) is 14.9 Å². The van der Waals surface area contributed by atoms with Gasteiger partial charge in [-0.05, 0) is 48.0 Å². The molecule has 0 unspecified atom stereocenters. The van der Waals surface area contributed by atoms with E-state index in [0.29, 0.717) is 15.7 Å². The van der Waals surface area contributed by atoms with Crippen LogP contribution in [0.5, 0.6) is 11.5 Å². The highest BCUT2D eigenvalue weighted by Crippen LogP contribution is 2.35. The first-order valence-electron chi connectivity index (χ1n) is 8.99. The minimum Gasteiger partial charge on any atom is -0.493 e. The summed E-state index contributed by atoms with van der Waals surface area (Å²) in [6.45, 7) is -0.328. The second kappa shape index (κ2) is 9.96. The number of anilines is 1. The molecular formula is C21H16Br2N2O7. The minimum absolute atomic E-state index is 0.248. The van der Waals surface area contributed by atoms with E-state index in [1.807, 2.05) is 0 Å². The van der Waals surface area contributed by atoms with Crippen molar-refractivity contribution in [2.45, 2.75) is 0 Å². The first-order chi connectivity index (χ1) is 15.2. The third-order valence-corrected chi connectivity index (χ3v) is 5.56. The summed E-state index contributed by atoms with van der Waals surface area (Å²) in [6, 6.07) is 8.68. The molecule has 1 aliphatic heterocycles. The molecule has 0 aromatic heterocycles. The fraction of sp³-hybridized carbons (Fsp3) is 0.143. The molecule has 1 heterocycles. The predicted molar refractivity (Wildman–Crippen MR) is 121 cm³/mol. The predicted octanol–water partition coefficient (Wildman–Crippen LogP) is 3.44. The molecule has 32 heavy (non-hydrogen) atoms. The lowest BCUT2D eigenvalue weighted by Crippen LogP contribution is -2.54. The van der Waals surface area contributed by atoms with Crippen LogP contribution in [-0.2, 0) is 19.1 Å². The average molecular weight is 568 g/mol. The fourth-order valence-corrected chi connectivity index (χ4v) is 3.47. The standard InChI is InChI=1S/C21H16Br2N2O7/c1-30-16-8-11(15(23)9-17(16)32-10-18(26)31-2)7-14-19(27)24-21(29)25(20(14)28)13-5-3-12(22)4-6-13/h3-9H,10H2,1-2H3,(H,24,27,29)/b14-7+. The summed E-state index contributed by atoms with van der Waals surface area (Å²) in [5.41, 5.74) is 0.465. The van der Waals surface area contributed by atoms with E-state index in [9.17, 15) is 19.2 Å². The van der Waals surface area contributed by atoms with Crippen LogP contribution in [0.25, 0.3) is 6.08 Å².